The first-order valence-corrected chi connectivity index (χ1v) is 5.14. The molecule has 0 atom stereocenters. The van der Waals surface area contributed by atoms with Crippen molar-refractivity contribution in [2.75, 3.05) is 6.54 Å². The summed E-state index contributed by atoms with van der Waals surface area (Å²) in [6.07, 6.45) is 1.44. The average molecular weight is 236 g/mol. The van der Waals surface area contributed by atoms with Gasteiger partial charge in [-0.1, -0.05) is 36.4 Å². The molecule has 1 N–H and O–H groups in total. The van der Waals surface area contributed by atoms with Crippen LogP contribution in [0.2, 0.25) is 0 Å². The van der Waals surface area contributed by atoms with E-state index >= 15 is 0 Å². The van der Waals surface area contributed by atoms with E-state index in [1.165, 1.54) is 6.26 Å². The normalized spacial score (nSPS) is 10.3. The topological polar surface area (TPSA) is 42.2 Å². The summed E-state index contributed by atoms with van der Waals surface area (Å²) < 4.78 is 5.26. The smallest absolute Gasteiger partial charge is 0.255 e. The van der Waals surface area contributed by atoms with E-state index in [9.17, 15) is 4.79 Å². The largest absolute Gasteiger partial charge is 0.463 e. The maximum Gasteiger partial charge on any atom is 0.255 e. The minimum atomic E-state index is -0.216. The molecule has 1 aromatic heterocycles. The molecule has 82 valence electrons. The van der Waals surface area contributed by atoms with Crippen molar-refractivity contribution in [1.82, 2.24) is 5.32 Å². The van der Waals surface area contributed by atoms with Gasteiger partial charge in [-0.3, -0.25) is 4.79 Å². The number of halogens is 1. The van der Waals surface area contributed by atoms with Crippen molar-refractivity contribution in [2.45, 2.75) is 0 Å². The molecule has 2 rings (SSSR count). The fourth-order valence-corrected chi connectivity index (χ4v) is 1.49. The van der Waals surface area contributed by atoms with E-state index < -0.39 is 0 Å². The SMILES string of the molecule is C=C(Cl)CNC(=O)c1coc2ccccc12. The number of carbonyl (C=O) groups is 1. The Kier molecular flexibility index (Phi) is 2.97. The van der Waals surface area contributed by atoms with Gasteiger partial charge in [0.1, 0.15) is 11.8 Å². The molecule has 1 heterocycles. The van der Waals surface area contributed by atoms with Crippen LogP contribution in [-0.2, 0) is 0 Å². The van der Waals surface area contributed by atoms with Crippen LogP contribution in [0.25, 0.3) is 11.0 Å². The summed E-state index contributed by atoms with van der Waals surface area (Å²) in [5.74, 6) is -0.216. The number of rotatable bonds is 3. The van der Waals surface area contributed by atoms with Crippen molar-refractivity contribution in [3.05, 3.63) is 47.7 Å². The summed E-state index contributed by atoms with van der Waals surface area (Å²) in [5, 5.41) is 3.83. The highest BCUT2D eigenvalue weighted by atomic mass is 35.5. The maximum atomic E-state index is 11.8. The van der Waals surface area contributed by atoms with E-state index in [-0.39, 0.29) is 12.5 Å². The molecule has 0 fully saturated rings. The van der Waals surface area contributed by atoms with Crippen LogP contribution < -0.4 is 5.32 Å². The summed E-state index contributed by atoms with van der Waals surface area (Å²) in [6, 6.07) is 7.36. The van der Waals surface area contributed by atoms with Crippen molar-refractivity contribution in [3.63, 3.8) is 0 Å². The number of hydrogen-bond donors (Lipinski definition) is 1. The molecule has 0 radical (unpaired) electrons. The van der Waals surface area contributed by atoms with Gasteiger partial charge in [-0.25, -0.2) is 0 Å². The summed E-state index contributed by atoms with van der Waals surface area (Å²) in [4.78, 5) is 11.8. The van der Waals surface area contributed by atoms with Gasteiger partial charge in [-0.15, -0.1) is 0 Å². The van der Waals surface area contributed by atoms with Gasteiger partial charge < -0.3 is 9.73 Å². The van der Waals surface area contributed by atoms with Gasteiger partial charge in [0.15, 0.2) is 0 Å². The lowest BCUT2D eigenvalue weighted by Gasteiger charge is -2.01. The van der Waals surface area contributed by atoms with Crippen molar-refractivity contribution < 1.29 is 9.21 Å². The molecule has 16 heavy (non-hydrogen) atoms. The Balaban J connectivity index is 2.26. The Hall–Kier alpha value is -1.74. The van der Waals surface area contributed by atoms with Gasteiger partial charge in [0.25, 0.3) is 5.91 Å². The fourth-order valence-electron chi connectivity index (χ4n) is 1.43. The van der Waals surface area contributed by atoms with Crippen molar-refractivity contribution in [2.24, 2.45) is 0 Å². The zero-order valence-corrected chi connectivity index (χ0v) is 9.25. The molecule has 0 saturated heterocycles. The first-order chi connectivity index (χ1) is 7.68. The standard InChI is InChI=1S/C12H10ClNO2/c1-8(13)6-14-12(15)10-7-16-11-5-3-2-4-9(10)11/h2-5,7H,1,6H2,(H,14,15). The van der Waals surface area contributed by atoms with E-state index in [0.29, 0.717) is 16.2 Å². The van der Waals surface area contributed by atoms with Gasteiger partial charge in [0.05, 0.1) is 12.1 Å². The minimum Gasteiger partial charge on any atom is -0.463 e. The number of amides is 1. The van der Waals surface area contributed by atoms with Gasteiger partial charge in [-0.05, 0) is 6.07 Å². The fraction of sp³-hybridized carbons (Fsp3) is 0.0833. The van der Waals surface area contributed by atoms with Crippen LogP contribution in [0.15, 0.2) is 46.6 Å². The molecule has 0 aliphatic heterocycles. The lowest BCUT2D eigenvalue weighted by Crippen LogP contribution is -2.24. The molecule has 0 spiro atoms. The van der Waals surface area contributed by atoms with Crippen LogP contribution in [0.3, 0.4) is 0 Å². The van der Waals surface area contributed by atoms with Crippen molar-refractivity contribution in [1.29, 1.82) is 0 Å². The predicted octanol–water partition coefficient (Wildman–Crippen LogP) is 2.92. The number of fused-ring (bicyclic) bond motifs is 1. The third-order valence-electron chi connectivity index (χ3n) is 2.17. The first-order valence-electron chi connectivity index (χ1n) is 4.76. The number of nitrogens with one attached hydrogen (secondary N) is 1. The lowest BCUT2D eigenvalue weighted by molar-refractivity contribution is 0.0958. The zero-order chi connectivity index (χ0) is 11.5. The molecule has 0 aliphatic carbocycles. The van der Waals surface area contributed by atoms with Crippen LogP contribution >= 0.6 is 11.6 Å². The minimum absolute atomic E-state index is 0.216. The van der Waals surface area contributed by atoms with Crippen molar-refractivity contribution in [3.8, 4) is 0 Å². The van der Waals surface area contributed by atoms with Crippen LogP contribution in [0.5, 0.6) is 0 Å². The van der Waals surface area contributed by atoms with E-state index in [2.05, 4.69) is 11.9 Å². The molecule has 3 nitrogen and oxygen atoms in total. The zero-order valence-electron chi connectivity index (χ0n) is 8.50. The van der Waals surface area contributed by atoms with E-state index in [1.54, 1.807) is 0 Å². The maximum absolute atomic E-state index is 11.8. The van der Waals surface area contributed by atoms with Gasteiger partial charge in [0.2, 0.25) is 0 Å². The van der Waals surface area contributed by atoms with E-state index in [0.717, 1.165) is 5.39 Å². The third kappa shape index (κ3) is 2.09. The number of benzene rings is 1. The Labute approximate surface area is 97.7 Å². The van der Waals surface area contributed by atoms with E-state index in [4.69, 9.17) is 16.0 Å². The summed E-state index contributed by atoms with van der Waals surface area (Å²) in [7, 11) is 0. The van der Waals surface area contributed by atoms with Crippen LogP contribution in [0, 0.1) is 0 Å². The number of para-hydroxylation sites is 1. The van der Waals surface area contributed by atoms with Gasteiger partial charge >= 0.3 is 0 Å². The Morgan fingerprint density at radius 3 is 2.94 bits per heavy atom. The second-order valence-electron chi connectivity index (χ2n) is 3.35. The Morgan fingerprint density at radius 1 is 1.44 bits per heavy atom. The summed E-state index contributed by atoms with van der Waals surface area (Å²) >= 11 is 5.57. The van der Waals surface area contributed by atoms with Gasteiger partial charge in [0, 0.05) is 10.4 Å². The molecule has 1 amide bonds. The highest BCUT2D eigenvalue weighted by Crippen LogP contribution is 2.20. The quantitative estimate of drug-likeness (QED) is 0.889. The first kappa shape index (κ1) is 10.8. The molecule has 4 heteroatoms. The van der Waals surface area contributed by atoms with Crippen LogP contribution in [0.1, 0.15) is 10.4 Å². The van der Waals surface area contributed by atoms with Gasteiger partial charge in [-0.2, -0.15) is 0 Å². The Bertz CT molecular complexity index is 545. The second kappa shape index (κ2) is 4.41. The molecule has 0 saturated carbocycles. The lowest BCUT2D eigenvalue weighted by atomic mass is 10.1. The summed E-state index contributed by atoms with van der Waals surface area (Å²) in [5.41, 5.74) is 1.20. The van der Waals surface area contributed by atoms with Crippen LogP contribution in [-0.4, -0.2) is 12.5 Å². The molecular formula is C12H10ClNO2. The second-order valence-corrected chi connectivity index (χ2v) is 3.88. The molecule has 0 bridgehead atoms. The average Bonchev–Trinajstić information content (AvgIpc) is 2.69. The van der Waals surface area contributed by atoms with E-state index in [1.807, 2.05) is 24.3 Å². The van der Waals surface area contributed by atoms with Crippen molar-refractivity contribution >= 4 is 28.5 Å². The highest BCUT2D eigenvalue weighted by Gasteiger charge is 2.12. The Morgan fingerprint density at radius 2 is 2.19 bits per heavy atom. The summed E-state index contributed by atoms with van der Waals surface area (Å²) in [6.45, 7) is 3.75. The monoisotopic (exact) mass is 235 g/mol. The molecule has 0 unspecified atom stereocenters. The molecule has 1 aromatic carbocycles. The number of carbonyl (C=O) groups excluding carboxylic acids is 1. The molecule has 2 aromatic rings. The number of furan rings is 1. The molecular weight excluding hydrogens is 226 g/mol. The molecule has 0 aliphatic rings. The number of hydrogen-bond acceptors (Lipinski definition) is 2. The third-order valence-corrected chi connectivity index (χ3v) is 2.30. The van der Waals surface area contributed by atoms with Crippen LogP contribution in [0.4, 0.5) is 0 Å². The predicted molar refractivity (Wildman–Crippen MR) is 63.5 cm³/mol. The highest BCUT2D eigenvalue weighted by molar-refractivity contribution is 6.29.